The first-order valence-electron chi connectivity index (χ1n) is 4.71. The fourth-order valence-electron chi connectivity index (χ4n) is 1.13. The maximum absolute atomic E-state index is 3.82. The molecule has 0 aromatic carbocycles. The summed E-state index contributed by atoms with van der Waals surface area (Å²) in [5.41, 5.74) is 0. The Morgan fingerprint density at radius 1 is 0.818 bits per heavy atom. The van der Waals surface area contributed by atoms with E-state index in [2.05, 4.69) is 13.8 Å². The van der Waals surface area contributed by atoms with Crippen molar-refractivity contribution >= 4 is 27.3 Å². The summed E-state index contributed by atoms with van der Waals surface area (Å²) in [6.45, 7) is 6.08. The fourth-order valence-corrected chi connectivity index (χ4v) is 1.13. The van der Waals surface area contributed by atoms with Crippen LogP contribution < -0.4 is 0 Å². The number of rotatable bonds is 7. The standard InChI is InChI=1S/C10H21.Pb.2H/c1-3-5-7-9-10-8-6-4-2;;;/h1,3-10H2,2H3;;;. The van der Waals surface area contributed by atoms with Crippen molar-refractivity contribution in [3.63, 3.8) is 0 Å². The van der Waals surface area contributed by atoms with Gasteiger partial charge in [0.25, 0.3) is 0 Å². The summed E-state index contributed by atoms with van der Waals surface area (Å²) < 4.78 is 0. The Morgan fingerprint density at radius 2 is 1.27 bits per heavy atom. The quantitative estimate of drug-likeness (QED) is 0.489. The van der Waals surface area contributed by atoms with Crippen LogP contribution in [0.3, 0.4) is 0 Å². The first kappa shape index (κ1) is 14.4. The Kier molecular flexibility index (Phi) is 17.7. The van der Waals surface area contributed by atoms with Crippen LogP contribution in [0, 0.1) is 6.92 Å². The van der Waals surface area contributed by atoms with E-state index in [4.69, 9.17) is 0 Å². The van der Waals surface area contributed by atoms with Crippen molar-refractivity contribution in [2.75, 3.05) is 0 Å². The molecule has 0 fully saturated rings. The zero-order valence-corrected chi connectivity index (χ0v) is 13.6. The molecule has 0 unspecified atom stereocenters. The molecule has 0 atom stereocenters. The third kappa shape index (κ3) is 13.9. The SMILES string of the molecule is [CH2]CCCCCCCCC.[PbH2]. The molecular formula is C10H23Pb. The first-order chi connectivity index (χ1) is 4.91. The molecule has 0 heterocycles. The summed E-state index contributed by atoms with van der Waals surface area (Å²) in [6, 6.07) is 0. The zero-order valence-electron chi connectivity index (χ0n) is 8.07. The molecule has 0 aliphatic heterocycles. The average molecular weight is 350 g/mol. The molecule has 0 nitrogen and oxygen atoms in total. The monoisotopic (exact) mass is 351 g/mol. The van der Waals surface area contributed by atoms with Gasteiger partial charge in [0.1, 0.15) is 0 Å². The van der Waals surface area contributed by atoms with Crippen LogP contribution in [0.2, 0.25) is 0 Å². The van der Waals surface area contributed by atoms with Crippen LogP contribution in [0.15, 0.2) is 0 Å². The van der Waals surface area contributed by atoms with Crippen LogP contribution in [0.5, 0.6) is 0 Å². The second-order valence-electron chi connectivity index (χ2n) is 2.97. The zero-order chi connectivity index (χ0) is 7.66. The van der Waals surface area contributed by atoms with Crippen molar-refractivity contribution in [1.29, 1.82) is 0 Å². The molecule has 0 aliphatic carbocycles. The molecule has 0 rings (SSSR count). The van der Waals surface area contributed by atoms with Gasteiger partial charge in [-0.05, 0) is 0 Å². The molecule has 3 radical (unpaired) electrons. The van der Waals surface area contributed by atoms with Gasteiger partial charge in [-0.3, -0.25) is 0 Å². The molecule has 0 amide bonds. The third-order valence-corrected chi connectivity index (χ3v) is 1.85. The van der Waals surface area contributed by atoms with E-state index in [1.807, 2.05) is 0 Å². The topological polar surface area (TPSA) is 0 Å². The van der Waals surface area contributed by atoms with Crippen LogP contribution in [0.4, 0.5) is 0 Å². The normalized spacial score (nSPS) is 9.27. The van der Waals surface area contributed by atoms with Gasteiger partial charge in [-0.2, -0.15) is 0 Å². The molecule has 0 saturated heterocycles. The van der Waals surface area contributed by atoms with Gasteiger partial charge in [0.15, 0.2) is 0 Å². The molecule has 11 heavy (non-hydrogen) atoms. The van der Waals surface area contributed by atoms with Crippen molar-refractivity contribution in [2.45, 2.75) is 58.3 Å². The van der Waals surface area contributed by atoms with Gasteiger partial charge in [0, 0.05) is 0 Å². The second-order valence-corrected chi connectivity index (χ2v) is 2.97. The van der Waals surface area contributed by atoms with E-state index in [0.29, 0.717) is 0 Å². The van der Waals surface area contributed by atoms with Gasteiger partial charge in [0.05, 0.1) is 0 Å². The summed E-state index contributed by atoms with van der Waals surface area (Å²) >= 11 is 0. The van der Waals surface area contributed by atoms with Crippen LogP contribution in [-0.2, 0) is 0 Å². The van der Waals surface area contributed by atoms with Crippen molar-refractivity contribution in [1.82, 2.24) is 0 Å². The van der Waals surface area contributed by atoms with Crippen molar-refractivity contribution in [2.24, 2.45) is 0 Å². The summed E-state index contributed by atoms with van der Waals surface area (Å²) in [4.78, 5) is 0. The minimum absolute atomic E-state index is 0. The van der Waals surface area contributed by atoms with Gasteiger partial charge in [-0.15, -0.1) is 0 Å². The first-order valence-corrected chi connectivity index (χ1v) is 4.71. The molecule has 0 spiro atoms. The molecular weight excluding hydrogens is 327 g/mol. The predicted octanol–water partition coefficient (Wildman–Crippen LogP) is 3.04. The number of hydrogen-bond donors (Lipinski definition) is 0. The number of unbranched alkanes of at least 4 members (excludes halogenated alkanes) is 7. The Hall–Kier alpha value is 0.922. The maximum atomic E-state index is 3.82. The second kappa shape index (κ2) is 13.5. The van der Waals surface area contributed by atoms with Crippen molar-refractivity contribution in [3.8, 4) is 0 Å². The van der Waals surface area contributed by atoms with E-state index in [0.717, 1.165) is 6.42 Å². The van der Waals surface area contributed by atoms with Crippen LogP contribution in [0.25, 0.3) is 0 Å². The summed E-state index contributed by atoms with van der Waals surface area (Å²) in [5, 5.41) is 0. The number of hydrogen-bond acceptors (Lipinski definition) is 0. The van der Waals surface area contributed by atoms with Crippen molar-refractivity contribution in [3.05, 3.63) is 6.92 Å². The molecule has 0 N–H and O–H groups in total. The van der Waals surface area contributed by atoms with E-state index >= 15 is 0 Å². The van der Waals surface area contributed by atoms with Crippen molar-refractivity contribution < 1.29 is 0 Å². The fraction of sp³-hybridized carbons (Fsp3) is 0.900. The van der Waals surface area contributed by atoms with Gasteiger partial charge in [-0.1, -0.05) is 65.2 Å². The van der Waals surface area contributed by atoms with E-state index in [1.165, 1.54) is 44.9 Å². The molecule has 0 bridgehead atoms. The van der Waals surface area contributed by atoms with E-state index in [-0.39, 0.29) is 27.3 Å². The Morgan fingerprint density at radius 3 is 1.73 bits per heavy atom. The van der Waals surface area contributed by atoms with E-state index in [1.54, 1.807) is 0 Å². The summed E-state index contributed by atoms with van der Waals surface area (Å²) in [5.74, 6) is 0. The molecule has 0 saturated carbocycles. The minimum atomic E-state index is 0. The van der Waals surface area contributed by atoms with Gasteiger partial charge in [-0.25, -0.2) is 0 Å². The average Bonchev–Trinajstić information content (AvgIpc) is 1.97. The molecule has 0 aromatic rings. The van der Waals surface area contributed by atoms with Gasteiger partial charge in [0.2, 0.25) is 0 Å². The Bertz CT molecular complexity index is 44.8. The summed E-state index contributed by atoms with van der Waals surface area (Å²) in [7, 11) is 0. The van der Waals surface area contributed by atoms with Gasteiger partial charge < -0.3 is 0 Å². The third-order valence-electron chi connectivity index (χ3n) is 1.85. The summed E-state index contributed by atoms with van der Waals surface area (Å²) in [6.07, 6.45) is 10.9. The Labute approximate surface area is 92.3 Å². The van der Waals surface area contributed by atoms with Crippen LogP contribution in [-0.4, -0.2) is 27.3 Å². The van der Waals surface area contributed by atoms with Crippen LogP contribution in [0.1, 0.15) is 58.3 Å². The Balaban J connectivity index is 0. The van der Waals surface area contributed by atoms with E-state index in [9.17, 15) is 0 Å². The predicted molar refractivity (Wildman–Crippen MR) is 56.5 cm³/mol. The van der Waals surface area contributed by atoms with Crippen LogP contribution >= 0.6 is 0 Å². The molecule has 0 aromatic heterocycles. The van der Waals surface area contributed by atoms with Gasteiger partial charge >= 0.3 is 27.3 Å². The molecule has 67 valence electrons. The molecule has 0 aliphatic rings. The molecule has 1 heteroatoms. The van der Waals surface area contributed by atoms with E-state index < -0.39 is 0 Å².